The lowest BCUT2D eigenvalue weighted by molar-refractivity contribution is -0.119. The summed E-state index contributed by atoms with van der Waals surface area (Å²) in [4.78, 5) is 36.1. The van der Waals surface area contributed by atoms with Crippen LogP contribution in [0.4, 0.5) is 10.5 Å². The minimum absolute atomic E-state index is 0.00297. The molecule has 0 saturated heterocycles. The standard InChI is InChI=1S/C26H24N2O6/c1-15(24(30)28-23-11-10-16(29)12-21(23)25(31)32)13-27-26(33)34-14-22-19-8-4-2-6-17(19)18-7-3-5-9-20(18)22/h2-12,15,22,29H,13-14H2,1H3,(H,27,33)(H,28,30)(H,31,32). The zero-order valence-corrected chi connectivity index (χ0v) is 18.4. The molecular weight excluding hydrogens is 436 g/mol. The van der Waals surface area contributed by atoms with Gasteiger partial charge >= 0.3 is 12.1 Å². The van der Waals surface area contributed by atoms with Crippen molar-refractivity contribution in [2.75, 3.05) is 18.5 Å². The van der Waals surface area contributed by atoms with Gasteiger partial charge in [-0.15, -0.1) is 0 Å². The van der Waals surface area contributed by atoms with Gasteiger partial charge in [-0.05, 0) is 40.5 Å². The van der Waals surface area contributed by atoms with E-state index in [1.165, 1.54) is 12.1 Å². The Hall–Kier alpha value is -4.33. The number of benzene rings is 3. The molecule has 2 amide bonds. The summed E-state index contributed by atoms with van der Waals surface area (Å²) < 4.78 is 5.46. The lowest BCUT2D eigenvalue weighted by Gasteiger charge is -2.16. The first-order valence-electron chi connectivity index (χ1n) is 10.8. The molecule has 0 heterocycles. The van der Waals surface area contributed by atoms with Crippen LogP contribution in [-0.4, -0.2) is 41.3 Å². The third kappa shape index (κ3) is 4.71. The zero-order valence-electron chi connectivity index (χ0n) is 18.4. The average molecular weight is 460 g/mol. The highest BCUT2D eigenvalue weighted by Crippen LogP contribution is 2.44. The summed E-state index contributed by atoms with van der Waals surface area (Å²) in [5.41, 5.74) is 4.30. The van der Waals surface area contributed by atoms with Crippen molar-refractivity contribution in [3.8, 4) is 16.9 Å². The maximum atomic E-state index is 12.5. The Balaban J connectivity index is 1.32. The molecule has 0 spiro atoms. The second kappa shape index (κ2) is 9.66. The maximum absolute atomic E-state index is 12.5. The van der Waals surface area contributed by atoms with Crippen molar-refractivity contribution in [2.24, 2.45) is 5.92 Å². The number of hydrogen-bond donors (Lipinski definition) is 4. The lowest BCUT2D eigenvalue weighted by Crippen LogP contribution is -2.35. The first-order chi connectivity index (χ1) is 16.3. The number of phenols is 1. The van der Waals surface area contributed by atoms with Gasteiger partial charge in [0.25, 0.3) is 0 Å². The van der Waals surface area contributed by atoms with Gasteiger partial charge in [-0.1, -0.05) is 55.5 Å². The molecule has 4 rings (SSSR count). The van der Waals surface area contributed by atoms with Crippen molar-refractivity contribution in [3.05, 3.63) is 83.4 Å². The summed E-state index contributed by atoms with van der Waals surface area (Å²) in [6.45, 7) is 1.76. The monoisotopic (exact) mass is 460 g/mol. The Bertz CT molecular complexity index is 1210. The predicted octanol–water partition coefficient (Wildman–Crippen LogP) is 4.20. The van der Waals surface area contributed by atoms with Gasteiger partial charge in [0.05, 0.1) is 17.2 Å². The summed E-state index contributed by atoms with van der Waals surface area (Å²) in [5, 5.41) is 23.8. The number of alkyl carbamates (subject to hydrolysis) is 1. The van der Waals surface area contributed by atoms with Gasteiger partial charge in [0, 0.05) is 12.5 Å². The third-order valence-electron chi connectivity index (χ3n) is 5.84. The fraction of sp³-hybridized carbons (Fsp3) is 0.192. The topological polar surface area (TPSA) is 125 Å². The van der Waals surface area contributed by atoms with E-state index in [4.69, 9.17) is 4.74 Å². The van der Waals surface area contributed by atoms with Crippen molar-refractivity contribution in [2.45, 2.75) is 12.8 Å². The number of anilines is 1. The molecule has 0 bridgehead atoms. The number of fused-ring (bicyclic) bond motifs is 3. The van der Waals surface area contributed by atoms with E-state index in [1.54, 1.807) is 6.92 Å². The van der Waals surface area contributed by atoms with Crippen molar-refractivity contribution in [1.29, 1.82) is 0 Å². The number of carbonyl (C=O) groups is 3. The van der Waals surface area contributed by atoms with Crippen LogP contribution in [0.3, 0.4) is 0 Å². The number of nitrogens with one attached hydrogen (secondary N) is 2. The first kappa shape index (κ1) is 22.8. The molecule has 4 N–H and O–H groups in total. The number of amides is 2. The number of carboxylic acids is 1. The Morgan fingerprint density at radius 3 is 2.21 bits per heavy atom. The zero-order chi connectivity index (χ0) is 24.2. The van der Waals surface area contributed by atoms with Crippen LogP contribution in [0.25, 0.3) is 11.1 Å². The van der Waals surface area contributed by atoms with Crippen LogP contribution in [0.5, 0.6) is 5.75 Å². The molecule has 0 aromatic heterocycles. The normalized spacial score (nSPS) is 12.9. The number of rotatable bonds is 7. The molecular formula is C26H24N2O6. The van der Waals surface area contributed by atoms with Gasteiger partial charge in [0.1, 0.15) is 12.4 Å². The van der Waals surface area contributed by atoms with Crippen molar-refractivity contribution >= 4 is 23.7 Å². The second-order valence-corrected chi connectivity index (χ2v) is 8.13. The van der Waals surface area contributed by atoms with E-state index in [9.17, 15) is 24.6 Å². The summed E-state index contributed by atoms with van der Waals surface area (Å²) in [6.07, 6.45) is -0.641. The summed E-state index contributed by atoms with van der Waals surface area (Å²) >= 11 is 0. The van der Waals surface area contributed by atoms with E-state index in [-0.39, 0.29) is 36.1 Å². The van der Waals surface area contributed by atoms with Crippen molar-refractivity contribution in [3.63, 3.8) is 0 Å². The molecule has 1 atom stereocenters. The summed E-state index contributed by atoms with van der Waals surface area (Å²) in [6, 6.07) is 19.7. The van der Waals surface area contributed by atoms with Crippen LogP contribution >= 0.6 is 0 Å². The highest BCUT2D eigenvalue weighted by molar-refractivity contribution is 6.01. The SMILES string of the molecule is CC(CNC(=O)OCC1c2ccccc2-c2ccccc21)C(=O)Nc1ccc(O)cc1C(=O)O. The maximum Gasteiger partial charge on any atom is 0.407 e. The molecule has 1 aliphatic carbocycles. The smallest absolute Gasteiger partial charge is 0.407 e. The highest BCUT2D eigenvalue weighted by Gasteiger charge is 2.29. The largest absolute Gasteiger partial charge is 0.508 e. The molecule has 8 heteroatoms. The first-order valence-corrected chi connectivity index (χ1v) is 10.8. The third-order valence-corrected chi connectivity index (χ3v) is 5.84. The molecule has 3 aromatic carbocycles. The molecule has 0 radical (unpaired) electrons. The number of hydrogen-bond acceptors (Lipinski definition) is 5. The Labute approximate surface area is 196 Å². The Kier molecular flexibility index (Phi) is 6.49. The van der Waals surface area contributed by atoms with Gasteiger partial charge in [-0.3, -0.25) is 4.79 Å². The molecule has 8 nitrogen and oxygen atoms in total. The van der Waals surface area contributed by atoms with E-state index < -0.39 is 23.9 Å². The number of aromatic hydroxyl groups is 1. The van der Waals surface area contributed by atoms with Crippen LogP contribution in [0.15, 0.2) is 66.7 Å². The Morgan fingerprint density at radius 1 is 0.971 bits per heavy atom. The van der Waals surface area contributed by atoms with Gasteiger partial charge in [0.2, 0.25) is 5.91 Å². The van der Waals surface area contributed by atoms with E-state index >= 15 is 0 Å². The fourth-order valence-electron chi connectivity index (χ4n) is 4.05. The van der Waals surface area contributed by atoms with Crippen LogP contribution in [-0.2, 0) is 9.53 Å². The van der Waals surface area contributed by atoms with Crippen LogP contribution in [0, 0.1) is 5.92 Å². The summed E-state index contributed by atoms with van der Waals surface area (Å²) in [5.74, 6) is -2.71. The quantitative estimate of drug-likeness (QED) is 0.392. The minimum Gasteiger partial charge on any atom is -0.508 e. The fourth-order valence-corrected chi connectivity index (χ4v) is 4.05. The van der Waals surface area contributed by atoms with Crippen molar-refractivity contribution in [1.82, 2.24) is 5.32 Å². The van der Waals surface area contributed by atoms with Gasteiger partial charge < -0.3 is 25.6 Å². The number of phenolic OH excluding ortho intramolecular Hbond substituents is 1. The number of ether oxygens (including phenoxy) is 1. The van der Waals surface area contributed by atoms with Crippen LogP contribution in [0.2, 0.25) is 0 Å². The van der Waals surface area contributed by atoms with Gasteiger partial charge in [0.15, 0.2) is 0 Å². The van der Waals surface area contributed by atoms with E-state index in [1.807, 2.05) is 36.4 Å². The van der Waals surface area contributed by atoms with Crippen LogP contribution in [0.1, 0.15) is 34.3 Å². The van der Waals surface area contributed by atoms with Crippen molar-refractivity contribution < 1.29 is 29.3 Å². The second-order valence-electron chi connectivity index (χ2n) is 8.13. The van der Waals surface area contributed by atoms with E-state index in [0.29, 0.717) is 0 Å². The number of carbonyl (C=O) groups excluding carboxylic acids is 2. The molecule has 174 valence electrons. The molecule has 0 fully saturated rings. The molecule has 3 aromatic rings. The predicted molar refractivity (Wildman–Crippen MR) is 126 cm³/mol. The molecule has 0 saturated carbocycles. The molecule has 1 aliphatic rings. The molecule has 34 heavy (non-hydrogen) atoms. The average Bonchev–Trinajstić information content (AvgIpc) is 3.15. The minimum atomic E-state index is -1.28. The number of carboxylic acid groups (broad SMARTS) is 1. The summed E-state index contributed by atoms with van der Waals surface area (Å²) in [7, 11) is 0. The molecule has 0 aliphatic heterocycles. The Morgan fingerprint density at radius 2 is 1.59 bits per heavy atom. The van der Waals surface area contributed by atoms with Gasteiger partial charge in [-0.25, -0.2) is 9.59 Å². The highest BCUT2D eigenvalue weighted by atomic mass is 16.5. The lowest BCUT2D eigenvalue weighted by atomic mass is 9.98. The van der Waals surface area contributed by atoms with Crippen LogP contribution < -0.4 is 10.6 Å². The molecule has 1 unspecified atom stereocenters. The van der Waals surface area contributed by atoms with E-state index in [2.05, 4.69) is 22.8 Å². The van der Waals surface area contributed by atoms with E-state index in [0.717, 1.165) is 28.3 Å². The number of aromatic carboxylic acids is 1. The van der Waals surface area contributed by atoms with Gasteiger partial charge in [-0.2, -0.15) is 0 Å².